The highest BCUT2D eigenvalue weighted by Gasteiger charge is 2.27. The number of piperidine rings is 1. The second-order valence-electron chi connectivity index (χ2n) is 5.30. The summed E-state index contributed by atoms with van der Waals surface area (Å²) in [6, 6.07) is 0. The van der Waals surface area contributed by atoms with Crippen LogP contribution in [0, 0.1) is 11.8 Å². The minimum Gasteiger partial charge on any atom is -0.355 e. The maximum absolute atomic E-state index is 11.7. The number of carbonyl (C=O) groups excluding carboxylic acids is 2. The third-order valence-electron chi connectivity index (χ3n) is 3.75. The molecule has 0 radical (unpaired) electrons. The first-order valence-electron chi connectivity index (χ1n) is 6.70. The molecule has 1 heterocycles. The number of amides is 1. The average Bonchev–Trinajstić information content (AvgIpc) is 3.13. The minimum atomic E-state index is 0.112. The molecule has 0 spiro atoms. The molecule has 0 aromatic rings. The molecule has 2 rings (SSSR count). The van der Waals surface area contributed by atoms with Crippen molar-refractivity contribution in [2.45, 2.75) is 32.6 Å². The van der Waals surface area contributed by atoms with Gasteiger partial charge in [0.15, 0.2) is 0 Å². The van der Waals surface area contributed by atoms with E-state index in [0.717, 1.165) is 32.0 Å². The largest absolute Gasteiger partial charge is 0.355 e. The predicted octanol–water partition coefficient (Wildman–Crippen LogP) is 0.814. The third-order valence-corrected chi connectivity index (χ3v) is 3.75. The molecule has 0 bridgehead atoms. The van der Waals surface area contributed by atoms with Gasteiger partial charge in [0.05, 0.1) is 6.54 Å². The van der Waals surface area contributed by atoms with E-state index in [1.807, 2.05) is 6.92 Å². The van der Waals surface area contributed by atoms with Gasteiger partial charge in [-0.05, 0) is 25.2 Å². The average molecular weight is 238 g/mol. The van der Waals surface area contributed by atoms with Crippen LogP contribution >= 0.6 is 0 Å². The summed E-state index contributed by atoms with van der Waals surface area (Å²) in [4.78, 5) is 25.3. The molecule has 96 valence electrons. The number of nitrogens with zero attached hydrogens (tertiary/aromatic N) is 1. The Morgan fingerprint density at radius 3 is 2.88 bits per heavy atom. The van der Waals surface area contributed by atoms with E-state index in [0.29, 0.717) is 18.7 Å². The molecule has 0 aromatic heterocycles. The van der Waals surface area contributed by atoms with Gasteiger partial charge in [0.25, 0.3) is 0 Å². The molecule has 1 atom stereocenters. The Hall–Kier alpha value is -0.900. The van der Waals surface area contributed by atoms with Crippen LogP contribution in [-0.4, -0.2) is 42.8 Å². The fourth-order valence-corrected chi connectivity index (χ4v) is 2.32. The Bertz CT molecular complexity index is 300. The van der Waals surface area contributed by atoms with Crippen molar-refractivity contribution in [1.82, 2.24) is 10.2 Å². The van der Waals surface area contributed by atoms with Crippen LogP contribution in [0.2, 0.25) is 0 Å². The maximum atomic E-state index is 11.7. The van der Waals surface area contributed by atoms with Gasteiger partial charge in [0.2, 0.25) is 5.91 Å². The summed E-state index contributed by atoms with van der Waals surface area (Å²) >= 11 is 0. The number of likely N-dealkylation sites (tertiary alicyclic amines) is 1. The van der Waals surface area contributed by atoms with E-state index in [1.165, 1.54) is 12.8 Å². The lowest BCUT2D eigenvalue weighted by atomic mass is 9.94. The molecule has 2 fully saturated rings. The lowest BCUT2D eigenvalue weighted by molar-refractivity contribution is -0.129. The van der Waals surface area contributed by atoms with Crippen molar-refractivity contribution >= 4 is 11.7 Å². The SMILES string of the molecule is CCC1CN(CC(=O)NCC2CC2)CCC1=O. The minimum absolute atomic E-state index is 0.112. The van der Waals surface area contributed by atoms with E-state index in [2.05, 4.69) is 10.2 Å². The summed E-state index contributed by atoms with van der Waals surface area (Å²) in [6.07, 6.45) is 4.01. The molecule has 0 aromatic carbocycles. The highest BCUT2D eigenvalue weighted by Crippen LogP contribution is 2.27. The molecule has 17 heavy (non-hydrogen) atoms. The standard InChI is InChI=1S/C13H22N2O2/c1-2-11-8-15(6-5-12(11)16)9-13(17)14-7-10-3-4-10/h10-11H,2-9H2,1H3,(H,14,17). The Morgan fingerprint density at radius 2 is 2.24 bits per heavy atom. The van der Waals surface area contributed by atoms with Crippen molar-refractivity contribution in [2.24, 2.45) is 11.8 Å². The quantitative estimate of drug-likeness (QED) is 0.771. The predicted molar refractivity (Wildman–Crippen MR) is 65.6 cm³/mol. The number of Topliss-reactive ketones (excluding diaryl/α,β-unsaturated/α-hetero) is 1. The van der Waals surface area contributed by atoms with Crippen LogP contribution in [0.5, 0.6) is 0 Å². The van der Waals surface area contributed by atoms with Gasteiger partial charge in [-0.3, -0.25) is 14.5 Å². The third kappa shape index (κ3) is 3.80. The zero-order valence-corrected chi connectivity index (χ0v) is 10.6. The number of carbonyl (C=O) groups is 2. The van der Waals surface area contributed by atoms with Gasteiger partial charge in [-0.25, -0.2) is 0 Å². The van der Waals surface area contributed by atoms with Gasteiger partial charge in [0.1, 0.15) is 5.78 Å². The number of hydrogen-bond donors (Lipinski definition) is 1. The summed E-state index contributed by atoms with van der Waals surface area (Å²) in [5.74, 6) is 1.34. The molecular weight excluding hydrogens is 216 g/mol. The second-order valence-corrected chi connectivity index (χ2v) is 5.30. The Kier molecular flexibility index (Phi) is 4.15. The first-order valence-corrected chi connectivity index (χ1v) is 6.70. The van der Waals surface area contributed by atoms with Crippen LogP contribution in [0.3, 0.4) is 0 Å². The molecule has 1 unspecified atom stereocenters. The summed E-state index contributed by atoms with van der Waals surface area (Å²) in [5.41, 5.74) is 0. The first-order chi connectivity index (χ1) is 8.19. The van der Waals surface area contributed by atoms with Crippen LogP contribution in [-0.2, 0) is 9.59 Å². The molecule has 1 amide bonds. The van der Waals surface area contributed by atoms with Crippen molar-refractivity contribution in [3.8, 4) is 0 Å². The monoisotopic (exact) mass is 238 g/mol. The van der Waals surface area contributed by atoms with Crippen LogP contribution in [0.4, 0.5) is 0 Å². The Morgan fingerprint density at radius 1 is 1.47 bits per heavy atom. The van der Waals surface area contributed by atoms with Gasteiger partial charge in [-0.1, -0.05) is 6.92 Å². The lowest BCUT2D eigenvalue weighted by Crippen LogP contribution is -2.45. The Labute approximate surface area is 103 Å². The van der Waals surface area contributed by atoms with Crippen molar-refractivity contribution in [3.05, 3.63) is 0 Å². The molecule has 4 heteroatoms. The van der Waals surface area contributed by atoms with Gasteiger partial charge < -0.3 is 5.32 Å². The van der Waals surface area contributed by atoms with Crippen LogP contribution in [0.1, 0.15) is 32.6 Å². The summed E-state index contributed by atoms with van der Waals surface area (Å²) < 4.78 is 0. The van der Waals surface area contributed by atoms with E-state index < -0.39 is 0 Å². The molecule has 4 nitrogen and oxygen atoms in total. The van der Waals surface area contributed by atoms with Crippen LogP contribution in [0.15, 0.2) is 0 Å². The molecule has 2 aliphatic rings. The second kappa shape index (κ2) is 5.63. The molecule has 1 aliphatic carbocycles. The van der Waals surface area contributed by atoms with Crippen LogP contribution in [0.25, 0.3) is 0 Å². The molecule has 1 aliphatic heterocycles. The summed E-state index contributed by atoms with van der Waals surface area (Å²) in [7, 11) is 0. The fraction of sp³-hybridized carbons (Fsp3) is 0.846. The summed E-state index contributed by atoms with van der Waals surface area (Å²) in [5, 5.41) is 2.97. The van der Waals surface area contributed by atoms with E-state index in [1.54, 1.807) is 0 Å². The van der Waals surface area contributed by atoms with Gasteiger partial charge >= 0.3 is 0 Å². The number of hydrogen-bond acceptors (Lipinski definition) is 3. The van der Waals surface area contributed by atoms with Crippen molar-refractivity contribution in [3.63, 3.8) is 0 Å². The van der Waals surface area contributed by atoms with Gasteiger partial charge in [-0.2, -0.15) is 0 Å². The van der Waals surface area contributed by atoms with Crippen molar-refractivity contribution in [1.29, 1.82) is 0 Å². The number of nitrogens with one attached hydrogen (secondary N) is 1. The first kappa shape index (κ1) is 12.6. The molecular formula is C13H22N2O2. The zero-order chi connectivity index (χ0) is 12.3. The smallest absolute Gasteiger partial charge is 0.234 e. The van der Waals surface area contributed by atoms with E-state index in [4.69, 9.17) is 0 Å². The van der Waals surface area contributed by atoms with Crippen LogP contribution < -0.4 is 5.32 Å². The maximum Gasteiger partial charge on any atom is 0.234 e. The highest BCUT2D eigenvalue weighted by atomic mass is 16.2. The zero-order valence-electron chi connectivity index (χ0n) is 10.6. The fourth-order valence-electron chi connectivity index (χ4n) is 2.32. The summed E-state index contributed by atoms with van der Waals surface area (Å²) in [6.45, 7) is 4.83. The number of ketones is 1. The Balaban J connectivity index is 1.70. The van der Waals surface area contributed by atoms with Crippen molar-refractivity contribution in [2.75, 3.05) is 26.2 Å². The van der Waals surface area contributed by atoms with Crippen molar-refractivity contribution < 1.29 is 9.59 Å². The molecule has 1 N–H and O–H groups in total. The normalized spacial score (nSPS) is 25.9. The molecule has 1 saturated carbocycles. The van der Waals surface area contributed by atoms with E-state index >= 15 is 0 Å². The molecule has 1 saturated heterocycles. The van der Waals surface area contributed by atoms with E-state index in [-0.39, 0.29) is 11.8 Å². The highest BCUT2D eigenvalue weighted by molar-refractivity contribution is 5.83. The van der Waals surface area contributed by atoms with Gasteiger partial charge in [-0.15, -0.1) is 0 Å². The lowest BCUT2D eigenvalue weighted by Gasteiger charge is -2.30. The van der Waals surface area contributed by atoms with Gasteiger partial charge in [0, 0.05) is 32.0 Å². The van der Waals surface area contributed by atoms with E-state index in [9.17, 15) is 9.59 Å². The topological polar surface area (TPSA) is 49.4 Å². The number of rotatable bonds is 5.